The van der Waals surface area contributed by atoms with Crippen molar-refractivity contribution in [1.82, 2.24) is 10.3 Å². The molecule has 0 aliphatic carbocycles. The fourth-order valence-corrected chi connectivity index (χ4v) is 1.30. The summed E-state index contributed by atoms with van der Waals surface area (Å²) >= 11 is 0. The predicted octanol–water partition coefficient (Wildman–Crippen LogP) is 2.70. The van der Waals surface area contributed by atoms with Crippen molar-refractivity contribution in [1.29, 1.82) is 0 Å². The third-order valence-electron chi connectivity index (χ3n) is 2.01. The van der Waals surface area contributed by atoms with Crippen LogP contribution in [-0.2, 0) is 11.2 Å². The van der Waals surface area contributed by atoms with Gasteiger partial charge in [-0.05, 0) is 39.3 Å². The third-order valence-corrected chi connectivity index (χ3v) is 2.01. The van der Waals surface area contributed by atoms with Crippen LogP contribution in [0.5, 0.6) is 0 Å². The van der Waals surface area contributed by atoms with Crippen molar-refractivity contribution < 1.29 is 9.53 Å². The highest BCUT2D eigenvalue weighted by Crippen LogP contribution is 2.10. The number of amides is 1. The fourth-order valence-electron chi connectivity index (χ4n) is 1.30. The first kappa shape index (κ1) is 14.0. The van der Waals surface area contributed by atoms with Gasteiger partial charge in [-0.3, -0.25) is 0 Å². The summed E-state index contributed by atoms with van der Waals surface area (Å²) in [7, 11) is 0. The van der Waals surface area contributed by atoms with Gasteiger partial charge >= 0.3 is 6.09 Å². The Morgan fingerprint density at radius 1 is 1.56 bits per heavy atom. The van der Waals surface area contributed by atoms with Crippen molar-refractivity contribution in [3.05, 3.63) is 35.3 Å². The van der Waals surface area contributed by atoms with Crippen LogP contribution in [0.3, 0.4) is 0 Å². The number of aromatic nitrogens is 1. The zero-order valence-corrected chi connectivity index (χ0v) is 10.9. The molecule has 18 heavy (non-hydrogen) atoms. The van der Waals surface area contributed by atoms with Crippen molar-refractivity contribution in [3.8, 4) is 0 Å². The second-order valence-corrected chi connectivity index (χ2v) is 4.81. The summed E-state index contributed by atoms with van der Waals surface area (Å²) in [5.74, 6) is 0.366. The van der Waals surface area contributed by atoms with Gasteiger partial charge in [-0.15, -0.1) is 4.98 Å². The third kappa shape index (κ3) is 5.30. The number of pyridine rings is 1. The van der Waals surface area contributed by atoms with Gasteiger partial charge in [0.1, 0.15) is 11.8 Å². The van der Waals surface area contributed by atoms with Crippen LogP contribution in [0.4, 0.5) is 10.6 Å². The second-order valence-electron chi connectivity index (χ2n) is 4.81. The van der Waals surface area contributed by atoms with Crippen LogP contribution in [0, 0.1) is 6.57 Å². The number of carbonyl (C=O) groups excluding carboxylic acids is 1. The lowest BCUT2D eigenvalue weighted by Gasteiger charge is -2.19. The van der Waals surface area contributed by atoms with Gasteiger partial charge in [0.15, 0.2) is 0 Å². The summed E-state index contributed by atoms with van der Waals surface area (Å²) in [5, 5.41) is 2.67. The van der Waals surface area contributed by atoms with Crippen LogP contribution in [0.15, 0.2) is 18.3 Å². The van der Waals surface area contributed by atoms with E-state index >= 15 is 0 Å². The molecule has 5 heteroatoms. The lowest BCUT2D eigenvalue weighted by molar-refractivity contribution is 0.0528. The zero-order chi connectivity index (χ0) is 13.6. The molecule has 0 saturated heterocycles. The Morgan fingerprint density at radius 3 is 2.89 bits per heavy atom. The Balaban J connectivity index is 2.38. The maximum absolute atomic E-state index is 11.4. The number of ether oxygens (including phenoxy) is 1. The lowest BCUT2D eigenvalue weighted by atomic mass is 10.2. The zero-order valence-electron chi connectivity index (χ0n) is 10.9. The van der Waals surface area contributed by atoms with Gasteiger partial charge in [-0.2, -0.15) is 0 Å². The molecule has 0 fully saturated rings. The van der Waals surface area contributed by atoms with Crippen molar-refractivity contribution in [2.24, 2.45) is 0 Å². The van der Waals surface area contributed by atoms with Gasteiger partial charge in [0.25, 0.3) is 5.82 Å². The van der Waals surface area contributed by atoms with Crippen molar-refractivity contribution in [2.75, 3.05) is 6.54 Å². The minimum atomic E-state index is -0.488. The molecule has 0 radical (unpaired) electrons. The molecule has 0 aliphatic rings. The lowest BCUT2D eigenvalue weighted by Crippen LogP contribution is -2.33. The first-order valence-corrected chi connectivity index (χ1v) is 5.70. The highest BCUT2D eigenvalue weighted by atomic mass is 16.6. The molecule has 0 unspecified atom stereocenters. The maximum atomic E-state index is 11.4. The standard InChI is InChI=1S/C13H17N3O2/c1-13(2,3)18-12(17)16-8-6-10-5-7-15-11(9-10)14-4/h5,7,9H,6,8H2,1-3H3,(H,16,17). The Labute approximate surface area is 107 Å². The molecule has 1 rings (SSSR count). The first-order valence-electron chi connectivity index (χ1n) is 5.70. The number of alkyl carbamates (subject to hydrolysis) is 1. The molecular formula is C13H17N3O2. The minimum absolute atomic E-state index is 0.366. The van der Waals surface area contributed by atoms with Crippen LogP contribution in [0.2, 0.25) is 0 Å². The largest absolute Gasteiger partial charge is 0.444 e. The molecule has 1 aromatic rings. The Morgan fingerprint density at radius 2 is 2.28 bits per heavy atom. The van der Waals surface area contributed by atoms with Gasteiger partial charge in [0, 0.05) is 6.54 Å². The van der Waals surface area contributed by atoms with Crippen molar-refractivity contribution in [2.45, 2.75) is 32.8 Å². The molecule has 0 atom stereocenters. The molecule has 0 spiro atoms. The predicted molar refractivity (Wildman–Crippen MR) is 68.4 cm³/mol. The number of hydrogen-bond acceptors (Lipinski definition) is 3. The highest BCUT2D eigenvalue weighted by molar-refractivity contribution is 5.67. The highest BCUT2D eigenvalue weighted by Gasteiger charge is 2.15. The van der Waals surface area contributed by atoms with E-state index in [4.69, 9.17) is 11.3 Å². The molecule has 0 bridgehead atoms. The first-order chi connectivity index (χ1) is 8.40. The summed E-state index contributed by atoms with van der Waals surface area (Å²) in [6.45, 7) is 12.8. The molecule has 0 aromatic carbocycles. The number of hydrogen-bond donors (Lipinski definition) is 1. The van der Waals surface area contributed by atoms with E-state index in [9.17, 15) is 4.79 Å². The maximum Gasteiger partial charge on any atom is 0.407 e. The number of nitrogens with zero attached hydrogens (tertiary/aromatic N) is 2. The average molecular weight is 247 g/mol. The summed E-state index contributed by atoms with van der Waals surface area (Å²) in [5.41, 5.74) is 0.477. The van der Waals surface area contributed by atoms with E-state index in [1.54, 1.807) is 12.3 Å². The Kier molecular flexibility index (Phi) is 4.67. The van der Waals surface area contributed by atoms with Crippen LogP contribution in [-0.4, -0.2) is 23.2 Å². The van der Waals surface area contributed by atoms with E-state index in [0.29, 0.717) is 18.8 Å². The van der Waals surface area contributed by atoms with E-state index in [1.807, 2.05) is 26.8 Å². The molecule has 1 heterocycles. The molecular weight excluding hydrogens is 230 g/mol. The number of rotatable bonds is 3. The van der Waals surface area contributed by atoms with E-state index in [1.165, 1.54) is 0 Å². The van der Waals surface area contributed by atoms with E-state index in [0.717, 1.165) is 5.56 Å². The van der Waals surface area contributed by atoms with E-state index < -0.39 is 11.7 Å². The van der Waals surface area contributed by atoms with Crippen LogP contribution in [0.1, 0.15) is 26.3 Å². The Hall–Kier alpha value is -2.09. The van der Waals surface area contributed by atoms with Crippen LogP contribution in [0.25, 0.3) is 4.85 Å². The minimum Gasteiger partial charge on any atom is -0.444 e. The summed E-state index contributed by atoms with van der Waals surface area (Å²) in [6.07, 6.45) is 1.81. The van der Waals surface area contributed by atoms with E-state index in [-0.39, 0.29) is 0 Å². The number of nitrogens with one attached hydrogen (secondary N) is 1. The second kappa shape index (κ2) is 6.01. The molecule has 5 nitrogen and oxygen atoms in total. The normalized spacial score (nSPS) is 10.6. The van der Waals surface area contributed by atoms with E-state index in [2.05, 4.69) is 15.1 Å². The molecule has 96 valence electrons. The quantitative estimate of drug-likeness (QED) is 0.835. The Bertz CT molecular complexity index is 458. The van der Waals surface area contributed by atoms with Gasteiger partial charge < -0.3 is 14.9 Å². The SMILES string of the molecule is [C-]#[N+]c1cc(CCNC(=O)OC(C)(C)C)ccn1. The summed E-state index contributed by atoms with van der Waals surface area (Å²) < 4.78 is 5.11. The van der Waals surface area contributed by atoms with Gasteiger partial charge in [-0.25, -0.2) is 4.79 Å². The smallest absolute Gasteiger partial charge is 0.407 e. The molecule has 1 amide bonds. The van der Waals surface area contributed by atoms with Gasteiger partial charge in [-0.1, -0.05) is 12.1 Å². The van der Waals surface area contributed by atoms with Crippen LogP contribution >= 0.6 is 0 Å². The van der Waals surface area contributed by atoms with Crippen LogP contribution < -0.4 is 5.32 Å². The number of carbonyl (C=O) groups is 1. The molecule has 0 saturated carbocycles. The van der Waals surface area contributed by atoms with Crippen molar-refractivity contribution in [3.63, 3.8) is 0 Å². The summed E-state index contributed by atoms with van der Waals surface area (Å²) in [4.78, 5) is 18.5. The molecule has 1 aromatic heterocycles. The average Bonchev–Trinajstić information content (AvgIpc) is 2.27. The van der Waals surface area contributed by atoms with Crippen molar-refractivity contribution >= 4 is 11.9 Å². The van der Waals surface area contributed by atoms with Gasteiger partial charge in [0.2, 0.25) is 0 Å². The summed E-state index contributed by atoms with van der Waals surface area (Å²) in [6, 6.07) is 3.54. The topological polar surface area (TPSA) is 55.6 Å². The molecule has 1 N–H and O–H groups in total. The van der Waals surface area contributed by atoms with Gasteiger partial charge in [0.05, 0.1) is 0 Å². The monoisotopic (exact) mass is 247 g/mol. The molecule has 0 aliphatic heterocycles. The fraction of sp³-hybridized carbons (Fsp3) is 0.462.